The van der Waals surface area contributed by atoms with E-state index in [-0.39, 0.29) is 36.1 Å². The maximum atomic E-state index is 13.3. The minimum atomic E-state index is -0.678. The molecular formula is C22H30N2O3. The Labute approximate surface area is 161 Å². The van der Waals surface area contributed by atoms with Crippen LogP contribution in [0.25, 0.3) is 0 Å². The van der Waals surface area contributed by atoms with Crippen molar-refractivity contribution in [3.8, 4) is 0 Å². The maximum absolute atomic E-state index is 13.3. The van der Waals surface area contributed by atoms with E-state index in [0.717, 1.165) is 37.7 Å². The Morgan fingerprint density at radius 1 is 1.15 bits per heavy atom. The lowest BCUT2D eigenvalue weighted by atomic mass is 9.87. The molecule has 5 nitrogen and oxygen atoms in total. The van der Waals surface area contributed by atoms with E-state index in [1.807, 2.05) is 32.9 Å². The lowest BCUT2D eigenvalue weighted by molar-refractivity contribution is -0.145. The summed E-state index contributed by atoms with van der Waals surface area (Å²) in [5, 5.41) is 0. The van der Waals surface area contributed by atoms with Crippen molar-refractivity contribution < 1.29 is 14.4 Å². The second-order valence-corrected chi connectivity index (χ2v) is 7.96. The summed E-state index contributed by atoms with van der Waals surface area (Å²) in [5.41, 5.74) is 1.66. The van der Waals surface area contributed by atoms with E-state index in [4.69, 9.17) is 0 Å². The molecule has 0 aromatic heterocycles. The van der Waals surface area contributed by atoms with Gasteiger partial charge in [-0.1, -0.05) is 43.9 Å². The Morgan fingerprint density at radius 2 is 1.78 bits per heavy atom. The predicted molar refractivity (Wildman–Crippen MR) is 105 cm³/mol. The van der Waals surface area contributed by atoms with Crippen LogP contribution in [0.5, 0.6) is 0 Å². The van der Waals surface area contributed by atoms with E-state index < -0.39 is 6.04 Å². The molecule has 146 valence electrons. The molecule has 1 aliphatic heterocycles. The van der Waals surface area contributed by atoms with Gasteiger partial charge in [0.15, 0.2) is 0 Å². The van der Waals surface area contributed by atoms with Crippen molar-refractivity contribution in [1.82, 2.24) is 4.90 Å². The average molecular weight is 370 g/mol. The van der Waals surface area contributed by atoms with Gasteiger partial charge in [0.25, 0.3) is 5.91 Å². The Kier molecular flexibility index (Phi) is 5.98. The van der Waals surface area contributed by atoms with Gasteiger partial charge in [-0.05, 0) is 45.2 Å². The van der Waals surface area contributed by atoms with Gasteiger partial charge in [0.2, 0.25) is 11.8 Å². The summed E-state index contributed by atoms with van der Waals surface area (Å²) in [6.45, 7) is 5.96. The summed E-state index contributed by atoms with van der Waals surface area (Å²) >= 11 is 0. The zero-order chi connectivity index (χ0) is 19.6. The first kappa shape index (κ1) is 19.6. The summed E-state index contributed by atoms with van der Waals surface area (Å²) in [6, 6.07) is 6.64. The number of amides is 3. The molecule has 0 N–H and O–H groups in total. The summed E-state index contributed by atoms with van der Waals surface area (Å²) in [6.07, 6.45) is 5.94. The number of carbonyl (C=O) groups excluding carboxylic acids is 3. The molecule has 3 amide bonds. The molecule has 27 heavy (non-hydrogen) atoms. The molecular weight excluding hydrogens is 340 g/mol. The number of anilines is 1. The molecule has 0 spiro atoms. The zero-order valence-electron chi connectivity index (χ0n) is 16.6. The van der Waals surface area contributed by atoms with Gasteiger partial charge in [-0.25, -0.2) is 4.90 Å². The fraction of sp³-hybridized carbons (Fsp3) is 0.591. The third kappa shape index (κ3) is 3.92. The molecule has 2 aliphatic rings. The number of hydrogen-bond donors (Lipinski definition) is 0. The summed E-state index contributed by atoms with van der Waals surface area (Å²) in [4.78, 5) is 42.1. The molecule has 3 rings (SSSR count). The topological polar surface area (TPSA) is 57.7 Å². The number of imide groups is 1. The lowest BCUT2D eigenvalue weighted by Crippen LogP contribution is -2.52. The van der Waals surface area contributed by atoms with Crippen LogP contribution in [0.2, 0.25) is 0 Å². The van der Waals surface area contributed by atoms with Crippen molar-refractivity contribution in [1.29, 1.82) is 0 Å². The smallest absolute Gasteiger partial charge is 0.257 e. The molecule has 1 aliphatic carbocycles. The van der Waals surface area contributed by atoms with Crippen LogP contribution >= 0.6 is 0 Å². The van der Waals surface area contributed by atoms with Gasteiger partial charge in [0.05, 0.1) is 12.1 Å². The SMILES string of the molecule is CCC(C)N(C(=O)C1CCCCC1)C1CC(=O)N(c2ccc(C)cc2)C1=O. The molecule has 1 saturated carbocycles. The van der Waals surface area contributed by atoms with Crippen molar-refractivity contribution in [3.63, 3.8) is 0 Å². The minimum absolute atomic E-state index is 0.0101. The van der Waals surface area contributed by atoms with Gasteiger partial charge in [0, 0.05) is 12.0 Å². The van der Waals surface area contributed by atoms with Gasteiger partial charge < -0.3 is 4.90 Å². The highest BCUT2D eigenvalue weighted by Gasteiger charge is 2.46. The molecule has 2 fully saturated rings. The van der Waals surface area contributed by atoms with Crippen molar-refractivity contribution >= 4 is 23.4 Å². The first-order valence-electron chi connectivity index (χ1n) is 10.2. The molecule has 1 aromatic rings. The van der Waals surface area contributed by atoms with Crippen LogP contribution in [0, 0.1) is 12.8 Å². The number of benzene rings is 1. The predicted octanol–water partition coefficient (Wildman–Crippen LogP) is 3.83. The lowest BCUT2D eigenvalue weighted by Gasteiger charge is -2.36. The highest BCUT2D eigenvalue weighted by Crippen LogP contribution is 2.32. The quantitative estimate of drug-likeness (QED) is 0.740. The number of nitrogens with zero attached hydrogens (tertiary/aromatic N) is 2. The largest absolute Gasteiger partial charge is 0.327 e. The van der Waals surface area contributed by atoms with Crippen LogP contribution in [-0.4, -0.2) is 34.7 Å². The average Bonchev–Trinajstić information content (AvgIpc) is 2.97. The van der Waals surface area contributed by atoms with Crippen LogP contribution < -0.4 is 4.90 Å². The molecule has 5 heteroatoms. The number of rotatable bonds is 5. The van der Waals surface area contributed by atoms with Crippen molar-refractivity contribution in [2.45, 2.75) is 77.8 Å². The molecule has 2 atom stereocenters. The Balaban J connectivity index is 1.86. The fourth-order valence-electron chi connectivity index (χ4n) is 4.23. The minimum Gasteiger partial charge on any atom is -0.327 e. The Bertz CT molecular complexity index is 707. The molecule has 1 heterocycles. The Morgan fingerprint density at radius 3 is 2.37 bits per heavy atom. The van der Waals surface area contributed by atoms with Crippen LogP contribution in [0.3, 0.4) is 0 Å². The van der Waals surface area contributed by atoms with E-state index in [9.17, 15) is 14.4 Å². The van der Waals surface area contributed by atoms with Gasteiger partial charge in [0.1, 0.15) is 6.04 Å². The second-order valence-electron chi connectivity index (χ2n) is 7.96. The number of aryl methyl sites for hydroxylation is 1. The van der Waals surface area contributed by atoms with Crippen molar-refractivity contribution in [2.24, 2.45) is 5.92 Å². The number of hydrogen-bond acceptors (Lipinski definition) is 3. The van der Waals surface area contributed by atoms with E-state index >= 15 is 0 Å². The third-order valence-corrected chi connectivity index (χ3v) is 6.03. The standard InChI is InChI=1S/C22H30N2O3/c1-4-16(3)23(21(26)17-8-6-5-7-9-17)19-14-20(25)24(22(19)27)18-12-10-15(2)11-13-18/h10-13,16-17,19H,4-9,14H2,1-3H3. The molecule has 1 aromatic carbocycles. The maximum Gasteiger partial charge on any atom is 0.257 e. The Hall–Kier alpha value is -2.17. The van der Waals surface area contributed by atoms with E-state index in [2.05, 4.69) is 0 Å². The molecule has 0 bridgehead atoms. The first-order chi connectivity index (χ1) is 12.9. The zero-order valence-corrected chi connectivity index (χ0v) is 16.6. The van der Waals surface area contributed by atoms with Gasteiger partial charge in [-0.3, -0.25) is 14.4 Å². The molecule has 1 saturated heterocycles. The van der Waals surface area contributed by atoms with Crippen molar-refractivity contribution in [2.75, 3.05) is 4.90 Å². The van der Waals surface area contributed by atoms with E-state index in [1.54, 1.807) is 17.0 Å². The normalized spacial score (nSPS) is 22.2. The summed E-state index contributed by atoms with van der Waals surface area (Å²) in [7, 11) is 0. The summed E-state index contributed by atoms with van der Waals surface area (Å²) < 4.78 is 0. The monoisotopic (exact) mass is 370 g/mol. The highest BCUT2D eigenvalue weighted by molar-refractivity contribution is 6.23. The van der Waals surface area contributed by atoms with E-state index in [1.165, 1.54) is 11.3 Å². The summed E-state index contributed by atoms with van der Waals surface area (Å²) in [5.74, 6) is -0.447. The molecule has 0 radical (unpaired) electrons. The van der Waals surface area contributed by atoms with E-state index in [0.29, 0.717) is 5.69 Å². The van der Waals surface area contributed by atoms with Gasteiger partial charge >= 0.3 is 0 Å². The van der Waals surface area contributed by atoms with Gasteiger partial charge in [-0.2, -0.15) is 0 Å². The van der Waals surface area contributed by atoms with Gasteiger partial charge in [-0.15, -0.1) is 0 Å². The highest BCUT2D eigenvalue weighted by atomic mass is 16.2. The fourth-order valence-corrected chi connectivity index (χ4v) is 4.23. The second kappa shape index (κ2) is 8.24. The van der Waals surface area contributed by atoms with Crippen molar-refractivity contribution in [3.05, 3.63) is 29.8 Å². The molecule has 2 unspecified atom stereocenters. The number of carbonyl (C=O) groups is 3. The van der Waals surface area contributed by atoms with Crippen LogP contribution in [0.4, 0.5) is 5.69 Å². The van der Waals surface area contributed by atoms with Crippen LogP contribution in [0.1, 0.15) is 64.4 Å². The third-order valence-electron chi connectivity index (χ3n) is 6.03. The first-order valence-corrected chi connectivity index (χ1v) is 10.2. The van der Waals surface area contributed by atoms with Crippen LogP contribution in [-0.2, 0) is 14.4 Å². The van der Waals surface area contributed by atoms with Crippen LogP contribution in [0.15, 0.2) is 24.3 Å².